The predicted molar refractivity (Wildman–Crippen MR) is 103 cm³/mol. The van der Waals surface area contributed by atoms with E-state index >= 15 is 0 Å². The molecule has 2 aromatic rings. The molecule has 0 amide bonds. The average Bonchev–Trinajstić information content (AvgIpc) is 3.31. The molecule has 1 N–H and O–H groups in total. The number of fused-ring (bicyclic) bond motifs is 1. The van der Waals surface area contributed by atoms with E-state index in [1.165, 1.54) is 0 Å². The molecule has 0 unspecified atom stereocenters. The summed E-state index contributed by atoms with van der Waals surface area (Å²) in [5.74, 6) is 7.67. The number of hydrogen-bond donors (Lipinski definition) is 1. The lowest BCUT2D eigenvalue weighted by Gasteiger charge is -2.34. The van der Waals surface area contributed by atoms with Crippen LogP contribution in [-0.4, -0.2) is 57.7 Å². The van der Waals surface area contributed by atoms with Crippen molar-refractivity contribution in [3.8, 4) is 11.8 Å². The molecule has 0 spiro atoms. The molecule has 1 saturated carbocycles. The highest BCUT2D eigenvalue weighted by atomic mass is 32.2. The molecule has 7 nitrogen and oxygen atoms in total. The first-order valence-corrected chi connectivity index (χ1v) is 11.2. The van der Waals surface area contributed by atoms with Crippen molar-refractivity contribution in [2.24, 2.45) is 10.3 Å². The van der Waals surface area contributed by atoms with E-state index in [0.717, 1.165) is 30.6 Å². The third-order valence-electron chi connectivity index (χ3n) is 4.45. The first-order valence-electron chi connectivity index (χ1n) is 8.83. The number of rotatable bonds is 2. The number of aromatic nitrogens is 3. The van der Waals surface area contributed by atoms with Crippen LogP contribution in [-0.2, 0) is 14.5 Å². The Labute approximate surface area is 153 Å². The van der Waals surface area contributed by atoms with Crippen LogP contribution in [0, 0.1) is 17.8 Å². The monoisotopic (exact) mass is 373 g/mol. The fourth-order valence-corrected chi connectivity index (χ4v) is 3.62. The summed E-state index contributed by atoms with van der Waals surface area (Å²) < 4.78 is 22.4. The Bertz CT molecular complexity index is 1010. The summed E-state index contributed by atoms with van der Waals surface area (Å²) in [7, 11) is -2.33. The van der Waals surface area contributed by atoms with Crippen molar-refractivity contribution in [1.82, 2.24) is 15.2 Å². The van der Waals surface area contributed by atoms with E-state index in [9.17, 15) is 4.21 Å². The maximum atomic E-state index is 12.4. The molecule has 1 aliphatic carbocycles. The van der Waals surface area contributed by atoms with Crippen LogP contribution in [0.4, 0.5) is 11.5 Å². The second-order valence-electron chi connectivity index (χ2n) is 7.23. The van der Waals surface area contributed by atoms with Gasteiger partial charge in [0.2, 0.25) is 0 Å². The molecule has 3 heterocycles. The Hall–Kier alpha value is -2.11. The van der Waals surface area contributed by atoms with Gasteiger partial charge in [0.05, 0.1) is 30.3 Å². The Morgan fingerprint density at radius 3 is 2.92 bits per heavy atom. The first kappa shape index (κ1) is 17.3. The van der Waals surface area contributed by atoms with Crippen molar-refractivity contribution in [2.45, 2.75) is 25.8 Å². The fraction of sp³-hybridized carbons (Fsp3) is 0.556. The van der Waals surface area contributed by atoms with Crippen LogP contribution >= 0.6 is 0 Å². The van der Waals surface area contributed by atoms with E-state index in [2.05, 4.69) is 38.2 Å². The van der Waals surface area contributed by atoms with Crippen molar-refractivity contribution in [1.29, 1.82) is 0 Å². The zero-order chi connectivity index (χ0) is 18.3. The van der Waals surface area contributed by atoms with Crippen molar-refractivity contribution >= 4 is 32.3 Å². The number of pyridine rings is 1. The van der Waals surface area contributed by atoms with Crippen LogP contribution in [0.5, 0.6) is 0 Å². The molecule has 0 bridgehead atoms. The number of hydrogen-bond acceptors (Lipinski definition) is 6. The fourth-order valence-electron chi connectivity index (χ4n) is 3.01. The molecule has 2 fully saturated rings. The number of nitrogens with one attached hydrogen (secondary N) is 1. The molecule has 4 rings (SSSR count). The highest BCUT2D eigenvalue weighted by Crippen LogP contribution is 2.33. The number of anilines is 1. The Balaban J connectivity index is 1.87. The molecule has 0 aromatic carbocycles. The zero-order valence-corrected chi connectivity index (χ0v) is 16.1. The molecule has 1 atom stereocenters. The molecule has 0 radical (unpaired) electrons. The third kappa shape index (κ3) is 3.69. The van der Waals surface area contributed by atoms with Gasteiger partial charge in [0.25, 0.3) is 0 Å². The van der Waals surface area contributed by atoms with Crippen LogP contribution < -0.4 is 4.90 Å². The molecular formula is C18H23N5O2S. The summed E-state index contributed by atoms with van der Waals surface area (Å²) in [6.07, 6.45) is 5.58. The SMILES string of the molecule is C[C@@H]1COCCN1c1cc(N=S(C)(C)=O)c2c(C#CC3CC3)[nH]nc2n1. The summed E-state index contributed by atoms with van der Waals surface area (Å²) in [4.78, 5) is 6.89. The second kappa shape index (κ2) is 6.56. The molecule has 138 valence electrons. The van der Waals surface area contributed by atoms with Crippen molar-refractivity contribution in [2.75, 3.05) is 37.2 Å². The average molecular weight is 373 g/mol. The third-order valence-corrected chi connectivity index (χ3v) is 5.08. The van der Waals surface area contributed by atoms with Gasteiger partial charge in [-0.1, -0.05) is 5.92 Å². The zero-order valence-electron chi connectivity index (χ0n) is 15.3. The highest BCUT2D eigenvalue weighted by Gasteiger charge is 2.23. The Morgan fingerprint density at radius 1 is 1.42 bits per heavy atom. The normalized spacial score (nSPS) is 20.7. The van der Waals surface area contributed by atoms with Gasteiger partial charge < -0.3 is 9.64 Å². The summed E-state index contributed by atoms with van der Waals surface area (Å²) in [5.41, 5.74) is 1.89. The highest BCUT2D eigenvalue weighted by molar-refractivity contribution is 7.92. The van der Waals surface area contributed by atoms with Gasteiger partial charge in [0, 0.05) is 40.8 Å². The van der Waals surface area contributed by atoms with Crippen molar-refractivity contribution in [3.05, 3.63) is 11.8 Å². The molecule has 1 saturated heterocycles. The summed E-state index contributed by atoms with van der Waals surface area (Å²) in [6.45, 7) is 4.17. The van der Waals surface area contributed by atoms with Gasteiger partial charge in [-0.3, -0.25) is 5.10 Å². The largest absolute Gasteiger partial charge is 0.377 e. The van der Waals surface area contributed by atoms with Gasteiger partial charge in [-0.15, -0.1) is 0 Å². The van der Waals surface area contributed by atoms with E-state index in [0.29, 0.717) is 36.2 Å². The van der Waals surface area contributed by atoms with E-state index in [4.69, 9.17) is 9.72 Å². The number of ether oxygens (including phenoxy) is 1. The van der Waals surface area contributed by atoms with Crippen molar-refractivity contribution < 1.29 is 8.95 Å². The van der Waals surface area contributed by atoms with Crippen LogP contribution in [0.2, 0.25) is 0 Å². The second-order valence-corrected chi connectivity index (χ2v) is 9.78. The Kier molecular flexibility index (Phi) is 4.37. The molecular weight excluding hydrogens is 350 g/mol. The van der Waals surface area contributed by atoms with Gasteiger partial charge >= 0.3 is 0 Å². The van der Waals surface area contributed by atoms with E-state index < -0.39 is 9.73 Å². The first-order chi connectivity index (χ1) is 12.4. The van der Waals surface area contributed by atoms with E-state index in [1.54, 1.807) is 12.5 Å². The topological polar surface area (TPSA) is 83.5 Å². The molecule has 2 aromatic heterocycles. The smallest absolute Gasteiger partial charge is 0.186 e. The number of aromatic amines is 1. The lowest BCUT2D eigenvalue weighted by Crippen LogP contribution is -2.44. The van der Waals surface area contributed by atoms with Gasteiger partial charge in [-0.05, 0) is 25.7 Å². The van der Waals surface area contributed by atoms with Crippen LogP contribution in [0.15, 0.2) is 10.4 Å². The quantitative estimate of drug-likeness (QED) is 0.817. The lowest BCUT2D eigenvalue weighted by atomic mass is 10.2. The minimum absolute atomic E-state index is 0.210. The maximum absolute atomic E-state index is 12.4. The number of H-pyrrole nitrogens is 1. The van der Waals surface area contributed by atoms with E-state index in [1.807, 2.05) is 6.07 Å². The molecule has 26 heavy (non-hydrogen) atoms. The van der Waals surface area contributed by atoms with Gasteiger partial charge in [-0.25, -0.2) is 9.19 Å². The van der Waals surface area contributed by atoms with Crippen molar-refractivity contribution in [3.63, 3.8) is 0 Å². The summed E-state index contributed by atoms with van der Waals surface area (Å²) in [5, 5.41) is 8.07. The van der Waals surface area contributed by atoms with Gasteiger partial charge in [0.15, 0.2) is 5.65 Å². The number of morpholine rings is 1. The van der Waals surface area contributed by atoms with Crippen LogP contribution in [0.25, 0.3) is 11.0 Å². The van der Waals surface area contributed by atoms with E-state index in [-0.39, 0.29) is 6.04 Å². The maximum Gasteiger partial charge on any atom is 0.186 e. The standard InChI is InChI=1S/C18H23N5O2S/c1-12-11-25-9-8-23(12)16-10-15(22-26(2,3)24)17-14(7-6-13-4-5-13)20-21-18(17)19-16/h10,12-13H,4-5,8-9,11H2,1-3H3,(H,19,20,21)/t12-/m1/s1. The lowest BCUT2D eigenvalue weighted by molar-refractivity contribution is 0.0986. The summed E-state index contributed by atoms with van der Waals surface area (Å²) in [6, 6.07) is 2.11. The number of nitrogens with zero attached hydrogens (tertiary/aromatic N) is 4. The Morgan fingerprint density at radius 2 is 2.23 bits per heavy atom. The molecule has 2 aliphatic rings. The summed E-state index contributed by atoms with van der Waals surface area (Å²) >= 11 is 0. The minimum atomic E-state index is -2.33. The van der Waals surface area contributed by atoms with Gasteiger partial charge in [-0.2, -0.15) is 9.46 Å². The van der Waals surface area contributed by atoms with Crippen LogP contribution in [0.1, 0.15) is 25.5 Å². The van der Waals surface area contributed by atoms with Gasteiger partial charge in [0.1, 0.15) is 11.5 Å². The minimum Gasteiger partial charge on any atom is -0.377 e. The molecule has 1 aliphatic heterocycles. The predicted octanol–water partition coefficient (Wildman–Crippen LogP) is 2.30. The molecule has 8 heteroatoms. The van der Waals surface area contributed by atoms with Crippen LogP contribution in [0.3, 0.4) is 0 Å².